The van der Waals surface area contributed by atoms with Gasteiger partial charge < -0.3 is 10.6 Å². The molecule has 126 valence electrons. The predicted molar refractivity (Wildman–Crippen MR) is 93.7 cm³/mol. The Bertz CT molecular complexity index is 719. The summed E-state index contributed by atoms with van der Waals surface area (Å²) in [6.07, 6.45) is 3.82. The lowest BCUT2D eigenvalue weighted by Crippen LogP contribution is -2.20. The fraction of sp³-hybridized carbons (Fsp3) is 0.278. The predicted octanol–water partition coefficient (Wildman–Crippen LogP) is 2.91. The normalized spacial score (nSPS) is 11.6. The van der Waals surface area contributed by atoms with Gasteiger partial charge in [0.05, 0.1) is 12.2 Å². The Labute approximate surface area is 141 Å². The summed E-state index contributed by atoms with van der Waals surface area (Å²) in [5, 5.41) is 9.82. The highest BCUT2D eigenvalue weighted by atomic mass is 16.2. The van der Waals surface area contributed by atoms with E-state index in [0.29, 0.717) is 17.9 Å². The summed E-state index contributed by atoms with van der Waals surface area (Å²) in [5.74, 6) is 0.258. The Balaban J connectivity index is 2.01. The lowest BCUT2D eigenvalue weighted by atomic mass is 10.1. The molecule has 24 heavy (non-hydrogen) atoms. The smallest absolute Gasteiger partial charge is 0.256 e. The van der Waals surface area contributed by atoms with Crippen LogP contribution in [0.4, 0.5) is 5.82 Å². The van der Waals surface area contributed by atoms with Gasteiger partial charge in [0.2, 0.25) is 5.91 Å². The number of carbonyl (C=O) groups is 2. The number of nitrogens with zero attached hydrogens (tertiary/aromatic N) is 2. The SMILES string of the molecule is C=CC(=O)NCc1ccc(C(=O)Nc2ccnn2C(C)CC)cc1. The van der Waals surface area contributed by atoms with Gasteiger partial charge in [-0.25, -0.2) is 4.68 Å². The van der Waals surface area contributed by atoms with Crippen molar-refractivity contribution in [3.8, 4) is 0 Å². The lowest BCUT2D eigenvalue weighted by Gasteiger charge is -2.14. The molecule has 6 nitrogen and oxygen atoms in total. The first-order chi connectivity index (χ1) is 11.5. The number of rotatable bonds is 7. The third-order valence-corrected chi connectivity index (χ3v) is 3.79. The van der Waals surface area contributed by atoms with Crippen LogP contribution in [-0.2, 0) is 11.3 Å². The number of carbonyl (C=O) groups excluding carboxylic acids is 2. The van der Waals surface area contributed by atoms with E-state index < -0.39 is 0 Å². The molecular formula is C18H22N4O2. The molecule has 2 rings (SSSR count). The molecule has 0 saturated heterocycles. The second-order valence-electron chi connectivity index (χ2n) is 5.49. The minimum Gasteiger partial charge on any atom is -0.348 e. The molecular weight excluding hydrogens is 304 g/mol. The van der Waals surface area contributed by atoms with Crippen molar-refractivity contribution < 1.29 is 9.59 Å². The fourth-order valence-corrected chi connectivity index (χ4v) is 2.16. The van der Waals surface area contributed by atoms with E-state index in [1.165, 1.54) is 6.08 Å². The Morgan fingerprint density at radius 3 is 2.62 bits per heavy atom. The Morgan fingerprint density at radius 2 is 2.00 bits per heavy atom. The highest BCUT2D eigenvalue weighted by Crippen LogP contribution is 2.17. The van der Waals surface area contributed by atoms with E-state index in [9.17, 15) is 9.59 Å². The monoisotopic (exact) mass is 326 g/mol. The van der Waals surface area contributed by atoms with Crippen molar-refractivity contribution in [1.29, 1.82) is 0 Å². The molecule has 0 aliphatic heterocycles. The Morgan fingerprint density at radius 1 is 1.29 bits per heavy atom. The second-order valence-corrected chi connectivity index (χ2v) is 5.49. The van der Waals surface area contributed by atoms with E-state index in [2.05, 4.69) is 36.2 Å². The number of amides is 2. The molecule has 0 spiro atoms. The van der Waals surface area contributed by atoms with Gasteiger partial charge in [0.25, 0.3) is 5.91 Å². The molecule has 0 aliphatic carbocycles. The zero-order valence-electron chi connectivity index (χ0n) is 14.0. The van der Waals surface area contributed by atoms with Gasteiger partial charge in [0.1, 0.15) is 5.82 Å². The molecule has 1 aromatic carbocycles. The molecule has 0 saturated carbocycles. The van der Waals surface area contributed by atoms with Crippen LogP contribution in [-0.4, -0.2) is 21.6 Å². The second kappa shape index (κ2) is 8.10. The zero-order chi connectivity index (χ0) is 17.5. The number of benzene rings is 1. The van der Waals surface area contributed by atoms with Crippen molar-refractivity contribution in [1.82, 2.24) is 15.1 Å². The average molecular weight is 326 g/mol. The summed E-state index contributed by atoms with van der Waals surface area (Å²) < 4.78 is 1.80. The van der Waals surface area contributed by atoms with Crippen LogP contribution in [0.2, 0.25) is 0 Å². The largest absolute Gasteiger partial charge is 0.348 e. The summed E-state index contributed by atoms with van der Waals surface area (Å²) in [6, 6.07) is 9.08. The maximum atomic E-state index is 12.4. The van der Waals surface area contributed by atoms with Gasteiger partial charge in [0.15, 0.2) is 0 Å². The molecule has 1 unspecified atom stereocenters. The topological polar surface area (TPSA) is 76.0 Å². The van der Waals surface area contributed by atoms with Gasteiger partial charge in [0, 0.05) is 18.2 Å². The van der Waals surface area contributed by atoms with Crippen LogP contribution in [0.1, 0.15) is 42.2 Å². The molecule has 0 aliphatic rings. The van der Waals surface area contributed by atoms with Crippen molar-refractivity contribution in [2.75, 3.05) is 5.32 Å². The minimum absolute atomic E-state index is 0.193. The van der Waals surface area contributed by atoms with Gasteiger partial charge >= 0.3 is 0 Å². The van der Waals surface area contributed by atoms with Gasteiger partial charge in [-0.2, -0.15) is 5.10 Å². The summed E-state index contributed by atoms with van der Waals surface area (Å²) in [7, 11) is 0. The van der Waals surface area contributed by atoms with E-state index in [0.717, 1.165) is 12.0 Å². The van der Waals surface area contributed by atoms with Crippen LogP contribution in [0.25, 0.3) is 0 Å². The van der Waals surface area contributed by atoms with Crippen LogP contribution in [0, 0.1) is 0 Å². The highest BCUT2D eigenvalue weighted by Gasteiger charge is 2.12. The Kier molecular flexibility index (Phi) is 5.89. The van der Waals surface area contributed by atoms with Crippen LogP contribution >= 0.6 is 0 Å². The number of hydrogen-bond acceptors (Lipinski definition) is 3. The molecule has 2 aromatic rings. The first-order valence-electron chi connectivity index (χ1n) is 7.89. The molecule has 0 fully saturated rings. The molecule has 2 N–H and O–H groups in total. The molecule has 2 amide bonds. The van der Waals surface area contributed by atoms with Crippen molar-refractivity contribution >= 4 is 17.6 Å². The maximum Gasteiger partial charge on any atom is 0.256 e. The van der Waals surface area contributed by atoms with Crippen LogP contribution in [0.15, 0.2) is 49.2 Å². The molecule has 0 bridgehead atoms. The molecule has 0 radical (unpaired) electrons. The first-order valence-corrected chi connectivity index (χ1v) is 7.89. The summed E-state index contributed by atoms with van der Waals surface area (Å²) in [5.41, 5.74) is 1.46. The van der Waals surface area contributed by atoms with Crippen molar-refractivity contribution in [3.05, 3.63) is 60.3 Å². The van der Waals surface area contributed by atoms with Gasteiger partial charge in [-0.1, -0.05) is 25.6 Å². The molecule has 1 atom stereocenters. The van der Waals surface area contributed by atoms with E-state index in [1.807, 2.05) is 12.1 Å². The van der Waals surface area contributed by atoms with Crippen LogP contribution in [0.3, 0.4) is 0 Å². The summed E-state index contributed by atoms with van der Waals surface area (Å²) in [6.45, 7) is 7.92. The van der Waals surface area contributed by atoms with E-state index in [4.69, 9.17) is 0 Å². The van der Waals surface area contributed by atoms with Crippen molar-refractivity contribution in [3.63, 3.8) is 0 Å². The Hall–Kier alpha value is -2.89. The maximum absolute atomic E-state index is 12.4. The summed E-state index contributed by atoms with van der Waals surface area (Å²) >= 11 is 0. The van der Waals surface area contributed by atoms with Crippen LogP contribution < -0.4 is 10.6 Å². The summed E-state index contributed by atoms with van der Waals surface area (Å²) in [4.78, 5) is 23.5. The number of hydrogen-bond donors (Lipinski definition) is 2. The number of anilines is 1. The average Bonchev–Trinajstić information content (AvgIpc) is 3.07. The van der Waals surface area contributed by atoms with Gasteiger partial charge in [-0.15, -0.1) is 0 Å². The third kappa shape index (κ3) is 4.32. The van der Waals surface area contributed by atoms with Gasteiger partial charge in [-0.05, 0) is 37.1 Å². The first kappa shape index (κ1) is 17.5. The lowest BCUT2D eigenvalue weighted by molar-refractivity contribution is -0.116. The van der Waals surface area contributed by atoms with Crippen LogP contribution in [0.5, 0.6) is 0 Å². The molecule has 1 aromatic heterocycles. The third-order valence-electron chi connectivity index (χ3n) is 3.79. The van der Waals surface area contributed by atoms with Gasteiger partial charge in [-0.3, -0.25) is 9.59 Å². The fourth-order valence-electron chi connectivity index (χ4n) is 2.16. The minimum atomic E-state index is -0.227. The van der Waals surface area contributed by atoms with E-state index in [1.54, 1.807) is 29.1 Å². The molecule has 1 heterocycles. The standard InChI is InChI=1S/C18H22N4O2/c1-4-13(3)22-16(10-11-20-22)21-18(24)15-8-6-14(7-9-15)12-19-17(23)5-2/h5-11,13H,2,4,12H2,1,3H3,(H,19,23)(H,21,24). The van der Waals surface area contributed by atoms with E-state index in [-0.39, 0.29) is 17.9 Å². The van der Waals surface area contributed by atoms with E-state index >= 15 is 0 Å². The van der Waals surface area contributed by atoms with Crippen molar-refractivity contribution in [2.45, 2.75) is 32.9 Å². The quantitative estimate of drug-likeness (QED) is 0.768. The number of aromatic nitrogens is 2. The highest BCUT2D eigenvalue weighted by molar-refractivity contribution is 6.03. The number of nitrogens with one attached hydrogen (secondary N) is 2. The van der Waals surface area contributed by atoms with Crippen molar-refractivity contribution in [2.24, 2.45) is 0 Å². The molecule has 6 heteroatoms. The zero-order valence-corrected chi connectivity index (χ0v) is 14.0.